The lowest BCUT2D eigenvalue weighted by atomic mass is 10.1. The number of halogens is 1. The number of hydrogen-bond donors (Lipinski definition) is 5. The summed E-state index contributed by atoms with van der Waals surface area (Å²) in [5.74, 6) is -0.530. The molecule has 3 rings (SSSR count). The first-order valence-corrected chi connectivity index (χ1v) is 12.7. The van der Waals surface area contributed by atoms with Gasteiger partial charge >= 0.3 is 7.60 Å². The first-order chi connectivity index (χ1) is 14.4. The van der Waals surface area contributed by atoms with Crippen LogP contribution in [0.25, 0.3) is 11.2 Å². The Morgan fingerprint density at radius 2 is 2.03 bits per heavy atom. The summed E-state index contributed by atoms with van der Waals surface area (Å²) >= 11 is 5.80. The van der Waals surface area contributed by atoms with Crippen LogP contribution in [0.1, 0.15) is 19.6 Å². The number of rotatable bonds is 8. The molecule has 5 atom stereocenters. The lowest BCUT2D eigenvalue weighted by Gasteiger charge is -2.22. The maximum Gasteiger partial charge on any atom is 0.369 e. The topological polar surface area (TPSA) is 220 Å². The van der Waals surface area contributed by atoms with Crippen molar-refractivity contribution in [2.45, 2.75) is 43.1 Å². The molecule has 0 saturated carbocycles. The van der Waals surface area contributed by atoms with Crippen LogP contribution in [0.2, 0.25) is 5.28 Å². The third-order valence-electron chi connectivity index (χ3n) is 4.51. The Hall–Kier alpha value is -1.42. The lowest BCUT2D eigenvalue weighted by molar-refractivity contribution is -0.0648. The maximum absolute atomic E-state index is 12.2. The fraction of sp³-hybridized carbons (Fsp3) is 0.643. The zero-order chi connectivity index (χ0) is 23.1. The Balaban J connectivity index is 1.82. The largest absolute Gasteiger partial charge is 0.387 e. The van der Waals surface area contributed by atoms with Gasteiger partial charge in [0.1, 0.15) is 23.8 Å². The van der Waals surface area contributed by atoms with E-state index in [1.807, 2.05) is 0 Å². The van der Waals surface area contributed by atoms with Crippen LogP contribution in [-0.2, 0) is 23.9 Å². The molecule has 5 unspecified atom stereocenters. The Kier molecular flexibility index (Phi) is 6.91. The van der Waals surface area contributed by atoms with E-state index in [0.29, 0.717) is 0 Å². The average Bonchev–Trinajstić information content (AvgIpc) is 3.16. The number of nitrogens with two attached hydrogens (primary N) is 1. The molecule has 1 aliphatic rings. The number of fused-ring (bicyclic) bond motifs is 1. The summed E-state index contributed by atoms with van der Waals surface area (Å²) in [6.45, 7) is 0.801. The van der Waals surface area contributed by atoms with Crippen molar-refractivity contribution < 1.29 is 42.5 Å². The molecule has 2 aromatic heterocycles. The van der Waals surface area contributed by atoms with E-state index in [1.165, 1.54) is 17.8 Å². The van der Waals surface area contributed by atoms with E-state index < -0.39 is 59.5 Å². The van der Waals surface area contributed by atoms with Crippen molar-refractivity contribution in [2.24, 2.45) is 0 Å². The van der Waals surface area contributed by atoms with Gasteiger partial charge in [0.2, 0.25) is 5.28 Å². The molecule has 1 saturated heterocycles. The van der Waals surface area contributed by atoms with Crippen molar-refractivity contribution in [3.8, 4) is 0 Å². The molecule has 2 aromatic rings. The van der Waals surface area contributed by atoms with Crippen LogP contribution >= 0.6 is 19.2 Å². The monoisotopic (exact) mass is 501 g/mol. The van der Waals surface area contributed by atoms with Crippen molar-refractivity contribution >= 4 is 46.0 Å². The molecule has 0 aromatic carbocycles. The molecular weight excluding hydrogens is 481 g/mol. The molecule has 0 radical (unpaired) electrons. The van der Waals surface area contributed by atoms with E-state index in [9.17, 15) is 33.0 Å². The average molecular weight is 502 g/mol. The van der Waals surface area contributed by atoms with Gasteiger partial charge in [-0.05, 0) is 18.0 Å². The molecule has 1 fully saturated rings. The highest BCUT2D eigenvalue weighted by molar-refractivity contribution is 7.98. The van der Waals surface area contributed by atoms with Crippen LogP contribution in [0, 0.1) is 0 Å². The van der Waals surface area contributed by atoms with Gasteiger partial charge < -0.3 is 35.2 Å². The van der Waals surface area contributed by atoms with Crippen LogP contribution in [0.15, 0.2) is 6.33 Å². The van der Waals surface area contributed by atoms with Crippen molar-refractivity contribution in [3.63, 3.8) is 0 Å². The molecule has 17 heteroatoms. The first-order valence-electron chi connectivity index (χ1n) is 8.92. The van der Waals surface area contributed by atoms with Gasteiger partial charge in [-0.3, -0.25) is 9.13 Å². The predicted molar refractivity (Wildman–Crippen MR) is 107 cm³/mol. The number of aliphatic hydroxyl groups is 2. The molecule has 31 heavy (non-hydrogen) atoms. The summed E-state index contributed by atoms with van der Waals surface area (Å²) < 4.78 is 47.8. The van der Waals surface area contributed by atoms with Crippen molar-refractivity contribution in [1.82, 2.24) is 19.5 Å². The standard InChI is InChI=1S/C14H21ClN5O9PS/c1-2-3-31(26,27)14(30(23,24)25)28-4-6-8(21)9(22)12(29-6)20-5-17-7-10(16)18-13(15)19-11(7)20/h5-6,8-9,12,14,21-22H,2-4H2,1H3,(H2,16,18,19)(H2,23,24,25). The van der Waals surface area contributed by atoms with E-state index in [4.69, 9.17) is 26.8 Å². The van der Waals surface area contributed by atoms with Gasteiger partial charge in [0, 0.05) is 0 Å². The molecule has 174 valence electrons. The molecule has 0 amide bonds. The summed E-state index contributed by atoms with van der Waals surface area (Å²) in [7, 11) is -9.49. The smallest absolute Gasteiger partial charge is 0.369 e. The van der Waals surface area contributed by atoms with Gasteiger partial charge in [0.15, 0.2) is 27.5 Å². The minimum absolute atomic E-state index is 0.0210. The molecular formula is C14H21ClN5O9PS. The van der Waals surface area contributed by atoms with Crippen molar-refractivity contribution in [1.29, 1.82) is 0 Å². The number of aliphatic hydroxyl groups excluding tert-OH is 2. The number of sulfone groups is 1. The van der Waals surface area contributed by atoms with Crippen molar-refractivity contribution in [3.05, 3.63) is 11.6 Å². The zero-order valence-electron chi connectivity index (χ0n) is 16.0. The van der Waals surface area contributed by atoms with Crippen LogP contribution in [0.4, 0.5) is 5.82 Å². The summed E-state index contributed by atoms with van der Waals surface area (Å²) in [5, 5.41) is 18.1. The van der Waals surface area contributed by atoms with Crippen LogP contribution < -0.4 is 5.73 Å². The van der Waals surface area contributed by atoms with E-state index >= 15 is 0 Å². The van der Waals surface area contributed by atoms with Crippen LogP contribution in [0.5, 0.6) is 0 Å². The SMILES string of the molecule is CCCS(=O)(=O)C(OCC1OC(n2cnc3c(N)nc(Cl)nc32)C(O)C1O)P(=O)(O)O. The Bertz CT molecular complexity index is 1110. The third kappa shape index (κ3) is 4.84. The molecule has 0 spiro atoms. The molecule has 0 bridgehead atoms. The van der Waals surface area contributed by atoms with E-state index in [1.54, 1.807) is 0 Å². The highest BCUT2D eigenvalue weighted by Crippen LogP contribution is 2.45. The number of aromatic nitrogens is 4. The van der Waals surface area contributed by atoms with Crippen LogP contribution in [-0.4, -0.2) is 83.8 Å². The Morgan fingerprint density at radius 3 is 2.65 bits per heavy atom. The molecule has 6 N–H and O–H groups in total. The minimum Gasteiger partial charge on any atom is -0.387 e. The zero-order valence-corrected chi connectivity index (χ0v) is 18.5. The fourth-order valence-electron chi connectivity index (χ4n) is 3.17. The molecule has 1 aliphatic heterocycles. The van der Waals surface area contributed by atoms with Gasteiger partial charge in [0.05, 0.1) is 18.7 Å². The number of ether oxygens (including phenoxy) is 2. The number of hydrogen-bond acceptors (Lipinski definition) is 11. The van der Waals surface area contributed by atoms with E-state index in [2.05, 4.69) is 15.0 Å². The molecule has 3 heterocycles. The lowest BCUT2D eigenvalue weighted by Crippen LogP contribution is -2.36. The first kappa shape index (κ1) is 24.2. The van der Waals surface area contributed by atoms with E-state index in [0.717, 1.165) is 0 Å². The van der Waals surface area contributed by atoms with Gasteiger partial charge in [-0.25, -0.2) is 13.4 Å². The van der Waals surface area contributed by atoms with E-state index in [-0.39, 0.29) is 28.7 Å². The van der Waals surface area contributed by atoms with Gasteiger partial charge in [0.25, 0.3) is 5.18 Å². The molecule has 14 nitrogen and oxygen atoms in total. The number of anilines is 1. The Labute approximate surface area is 181 Å². The predicted octanol–water partition coefficient (Wildman–Crippen LogP) is -1.02. The summed E-state index contributed by atoms with van der Waals surface area (Å²) in [4.78, 5) is 30.6. The number of imidazole rings is 1. The third-order valence-corrected chi connectivity index (χ3v) is 8.89. The second-order valence-corrected chi connectivity index (χ2v) is 11.3. The molecule has 0 aliphatic carbocycles. The minimum atomic E-state index is -5.20. The highest BCUT2D eigenvalue weighted by atomic mass is 35.5. The fourth-order valence-corrected chi connectivity index (χ4v) is 6.66. The number of nitrogen functional groups attached to an aromatic ring is 1. The maximum atomic E-state index is 12.2. The second kappa shape index (κ2) is 8.84. The normalized spacial score (nSPS) is 25.9. The van der Waals surface area contributed by atoms with Crippen LogP contribution in [0.3, 0.4) is 0 Å². The van der Waals surface area contributed by atoms with Crippen molar-refractivity contribution in [2.75, 3.05) is 18.1 Å². The highest BCUT2D eigenvalue weighted by Gasteiger charge is 2.47. The summed E-state index contributed by atoms with van der Waals surface area (Å²) in [6.07, 6.45) is -4.35. The number of nitrogens with zero attached hydrogens (tertiary/aromatic N) is 4. The van der Waals surface area contributed by atoms with Gasteiger partial charge in [-0.15, -0.1) is 0 Å². The second-order valence-electron chi connectivity index (χ2n) is 6.84. The summed E-state index contributed by atoms with van der Waals surface area (Å²) in [5.41, 5.74) is 6.00. The Morgan fingerprint density at radius 1 is 1.35 bits per heavy atom. The quantitative estimate of drug-likeness (QED) is 0.216. The van der Waals surface area contributed by atoms with Gasteiger partial charge in [-0.1, -0.05) is 6.92 Å². The van der Waals surface area contributed by atoms with Gasteiger partial charge in [-0.2, -0.15) is 9.97 Å². The summed E-state index contributed by atoms with van der Waals surface area (Å²) in [6, 6.07) is 0.